The van der Waals surface area contributed by atoms with E-state index in [-0.39, 0.29) is 39.2 Å². The van der Waals surface area contributed by atoms with Crippen molar-refractivity contribution in [3.05, 3.63) is 71.8 Å². The number of halogens is 2. The van der Waals surface area contributed by atoms with Crippen LogP contribution in [0.2, 0.25) is 0 Å². The molecule has 0 aliphatic carbocycles. The number of hydrogen-bond acceptors (Lipinski definition) is 7. The first-order valence-corrected chi connectivity index (χ1v) is 10.4. The number of hydrogen-bond donors (Lipinski definition) is 3. The Balaban J connectivity index is 1.69. The second-order valence-corrected chi connectivity index (χ2v) is 7.38. The Morgan fingerprint density at radius 3 is 2.52 bits per heavy atom. The van der Waals surface area contributed by atoms with Crippen LogP contribution in [0.3, 0.4) is 0 Å². The quantitative estimate of drug-likeness (QED) is 0.423. The highest BCUT2D eigenvalue weighted by atomic mass is 32.2. The first-order chi connectivity index (χ1) is 15.9. The fraction of sp³-hybridized carbons (Fsp3) is 0.0909. The number of nitrogen functional groups attached to an aromatic ring is 1. The number of nitrogens with zero attached hydrogens (tertiary/aromatic N) is 2. The van der Waals surface area contributed by atoms with Gasteiger partial charge in [0.05, 0.1) is 22.6 Å². The van der Waals surface area contributed by atoms with E-state index >= 15 is 0 Å². The standard InChI is InChI=1S/C22H17F2N5O3S/c23-22(24)32-17-9-5-4-8-16(17)28-18(30)12-33-21-13(11-25)10-15(19(26)29-21)20(31)27-14-6-2-1-3-7-14/h1-10,22H,12H2,(H2,26,29)(H,27,31)(H,28,30). The van der Waals surface area contributed by atoms with Crippen molar-refractivity contribution >= 4 is 40.8 Å². The van der Waals surface area contributed by atoms with Crippen molar-refractivity contribution < 1.29 is 23.1 Å². The number of nitrogens with two attached hydrogens (primary N) is 1. The van der Waals surface area contributed by atoms with E-state index in [2.05, 4.69) is 20.4 Å². The third-order valence-electron chi connectivity index (χ3n) is 4.13. The van der Waals surface area contributed by atoms with Gasteiger partial charge in [-0.15, -0.1) is 0 Å². The maximum Gasteiger partial charge on any atom is 0.387 e. The fourth-order valence-corrected chi connectivity index (χ4v) is 3.45. The maximum atomic E-state index is 12.5. The van der Waals surface area contributed by atoms with Crippen LogP contribution >= 0.6 is 11.8 Å². The largest absolute Gasteiger partial charge is 0.433 e. The van der Waals surface area contributed by atoms with E-state index < -0.39 is 18.4 Å². The lowest BCUT2D eigenvalue weighted by molar-refractivity contribution is -0.113. The molecule has 33 heavy (non-hydrogen) atoms. The number of pyridine rings is 1. The van der Waals surface area contributed by atoms with Gasteiger partial charge in [0.1, 0.15) is 22.7 Å². The Bertz CT molecular complexity index is 1200. The van der Waals surface area contributed by atoms with Crippen LogP contribution in [0, 0.1) is 11.3 Å². The number of carbonyl (C=O) groups is 2. The van der Waals surface area contributed by atoms with E-state index in [0.717, 1.165) is 11.8 Å². The number of nitrogens with one attached hydrogen (secondary N) is 2. The molecule has 0 aliphatic rings. The summed E-state index contributed by atoms with van der Waals surface area (Å²) in [5.74, 6) is -1.56. The van der Waals surface area contributed by atoms with Crippen LogP contribution in [-0.4, -0.2) is 29.2 Å². The second-order valence-electron chi connectivity index (χ2n) is 6.42. The third kappa shape index (κ3) is 6.41. The molecule has 3 aromatic rings. The number of thioether (sulfide) groups is 1. The van der Waals surface area contributed by atoms with Gasteiger partial charge in [-0.05, 0) is 30.3 Å². The van der Waals surface area contributed by atoms with Gasteiger partial charge in [0.15, 0.2) is 0 Å². The SMILES string of the molecule is N#Cc1cc(C(=O)Nc2ccccc2)c(N)nc1SCC(=O)Nc1ccccc1OC(F)F. The Morgan fingerprint density at radius 2 is 1.82 bits per heavy atom. The van der Waals surface area contributed by atoms with Gasteiger partial charge < -0.3 is 21.1 Å². The Labute approximate surface area is 191 Å². The number of carbonyl (C=O) groups excluding carboxylic acids is 2. The third-order valence-corrected chi connectivity index (χ3v) is 5.12. The van der Waals surface area contributed by atoms with Gasteiger partial charge in [0, 0.05) is 5.69 Å². The molecule has 2 amide bonds. The van der Waals surface area contributed by atoms with Crippen LogP contribution in [0.5, 0.6) is 5.75 Å². The van der Waals surface area contributed by atoms with Crippen LogP contribution in [0.25, 0.3) is 0 Å². The first kappa shape index (κ1) is 23.5. The highest BCUT2D eigenvalue weighted by molar-refractivity contribution is 8.00. The molecule has 4 N–H and O–H groups in total. The van der Waals surface area contributed by atoms with Gasteiger partial charge in [-0.1, -0.05) is 42.1 Å². The van der Waals surface area contributed by atoms with Crippen LogP contribution in [-0.2, 0) is 4.79 Å². The molecular weight excluding hydrogens is 452 g/mol. The average Bonchev–Trinajstić information content (AvgIpc) is 2.79. The summed E-state index contributed by atoms with van der Waals surface area (Å²) in [7, 11) is 0. The van der Waals surface area contributed by atoms with Gasteiger partial charge in [-0.2, -0.15) is 14.0 Å². The summed E-state index contributed by atoms with van der Waals surface area (Å²) in [4.78, 5) is 28.9. The van der Waals surface area contributed by atoms with E-state index in [0.29, 0.717) is 5.69 Å². The summed E-state index contributed by atoms with van der Waals surface area (Å²) < 4.78 is 29.4. The van der Waals surface area contributed by atoms with Crippen molar-refractivity contribution in [2.45, 2.75) is 11.6 Å². The number of ether oxygens (including phenoxy) is 1. The summed E-state index contributed by atoms with van der Waals surface area (Å²) in [6.45, 7) is -3.04. The summed E-state index contributed by atoms with van der Waals surface area (Å²) >= 11 is 0.911. The van der Waals surface area contributed by atoms with Crippen molar-refractivity contribution in [3.8, 4) is 11.8 Å². The van der Waals surface area contributed by atoms with E-state index in [1.54, 1.807) is 36.4 Å². The summed E-state index contributed by atoms with van der Waals surface area (Å²) in [6, 6.07) is 17.7. The molecule has 1 heterocycles. The summed E-state index contributed by atoms with van der Waals surface area (Å²) in [6.07, 6.45) is 0. The number of anilines is 3. The molecule has 0 saturated carbocycles. The number of benzene rings is 2. The van der Waals surface area contributed by atoms with Crippen LogP contribution < -0.4 is 21.1 Å². The maximum absolute atomic E-state index is 12.5. The highest BCUT2D eigenvalue weighted by Gasteiger charge is 2.18. The average molecular weight is 469 g/mol. The zero-order chi connectivity index (χ0) is 23.8. The molecule has 0 fully saturated rings. The smallest absolute Gasteiger partial charge is 0.387 e. The molecule has 8 nitrogen and oxygen atoms in total. The predicted molar refractivity (Wildman–Crippen MR) is 120 cm³/mol. The zero-order valence-electron chi connectivity index (χ0n) is 16.9. The molecule has 0 atom stereocenters. The molecule has 0 aliphatic heterocycles. The number of aromatic nitrogens is 1. The number of para-hydroxylation sites is 3. The Hall–Kier alpha value is -4.17. The molecular formula is C22H17F2N5O3S. The van der Waals surface area contributed by atoms with Gasteiger partial charge in [-0.3, -0.25) is 9.59 Å². The van der Waals surface area contributed by atoms with Gasteiger partial charge in [0.2, 0.25) is 5.91 Å². The van der Waals surface area contributed by atoms with E-state index in [1.165, 1.54) is 24.3 Å². The van der Waals surface area contributed by atoms with E-state index in [1.807, 2.05) is 6.07 Å². The lowest BCUT2D eigenvalue weighted by Gasteiger charge is -2.12. The van der Waals surface area contributed by atoms with Crippen LogP contribution in [0.1, 0.15) is 15.9 Å². The fourth-order valence-electron chi connectivity index (χ4n) is 2.69. The molecule has 0 unspecified atom stereocenters. The number of amides is 2. The molecule has 1 aromatic heterocycles. The lowest BCUT2D eigenvalue weighted by atomic mass is 10.2. The zero-order valence-corrected chi connectivity index (χ0v) is 17.7. The van der Waals surface area contributed by atoms with Gasteiger partial charge in [0.25, 0.3) is 5.91 Å². The second kappa shape index (κ2) is 10.9. The summed E-state index contributed by atoms with van der Waals surface area (Å²) in [5, 5.41) is 14.7. The molecule has 0 spiro atoms. The molecule has 168 valence electrons. The normalized spacial score (nSPS) is 10.4. The van der Waals surface area contributed by atoms with Crippen molar-refractivity contribution in [3.63, 3.8) is 0 Å². The van der Waals surface area contributed by atoms with Crippen molar-refractivity contribution in [2.75, 3.05) is 22.1 Å². The minimum atomic E-state index is -3.04. The lowest BCUT2D eigenvalue weighted by Crippen LogP contribution is -2.17. The molecule has 0 saturated heterocycles. The highest BCUT2D eigenvalue weighted by Crippen LogP contribution is 2.28. The topological polar surface area (TPSA) is 130 Å². The molecule has 0 radical (unpaired) electrons. The monoisotopic (exact) mass is 469 g/mol. The molecule has 0 bridgehead atoms. The summed E-state index contributed by atoms with van der Waals surface area (Å²) in [5.41, 5.74) is 6.61. The minimum Gasteiger partial charge on any atom is -0.433 e. The van der Waals surface area contributed by atoms with Crippen molar-refractivity contribution in [1.82, 2.24) is 4.98 Å². The van der Waals surface area contributed by atoms with Gasteiger partial charge in [-0.25, -0.2) is 4.98 Å². The van der Waals surface area contributed by atoms with E-state index in [9.17, 15) is 23.6 Å². The molecule has 3 rings (SSSR count). The van der Waals surface area contributed by atoms with Crippen LogP contribution in [0.4, 0.5) is 26.0 Å². The van der Waals surface area contributed by atoms with E-state index in [4.69, 9.17) is 5.73 Å². The molecule has 2 aromatic carbocycles. The number of nitriles is 1. The van der Waals surface area contributed by atoms with Crippen molar-refractivity contribution in [2.24, 2.45) is 0 Å². The number of alkyl halides is 2. The molecule has 11 heteroatoms. The Kier molecular flexibility index (Phi) is 7.77. The Morgan fingerprint density at radius 1 is 1.12 bits per heavy atom. The first-order valence-electron chi connectivity index (χ1n) is 9.41. The number of rotatable bonds is 8. The predicted octanol–water partition coefficient (Wildman–Crippen LogP) is 4.12. The van der Waals surface area contributed by atoms with Crippen molar-refractivity contribution in [1.29, 1.82) is 5.26 Å². The minimum absolute atomic E-state index is 0.0160. The van der Waals surface area contributed by atoms with Gasteiger partial charge >= 0.3 is 6.61 Å². The van der Waals surface area contributed by atoms with Crippen LogP contribution in [0.15, 0.2) is 65.7 Å².